The Hall–Kier alpha value is -3.60. The van der Waals surface area contributed by atoms with Crippen molar-refractivity contribution < 1.29 is 19.1 Å². The van der Waals surface area contributed by atoms with Crippen LogP contribution >= 0.6 is 0 Å². The minimum Gasteiger partial charge on any atom is -0.459 e. The van der Waals surface area contributed by atoms with Crippen LogP contribution in [0.1, 0.15) is 38.1 Å². The van der Waals surface area contributed by atoms with Gasteiger partial charge in [-0.25, -0.2) is 9.59 Å². The summed E-state index contributed by atoms with van der Waals surface area (Å²) >= 11 is 0. The standard InChI is InChI=1S/C23H33N5O6/c1-14(2)13-28-20(24)19(21(30)26-23(28)32)27(10-11-33-5)18(29)12-25-17-8-6-16(7-9-17)22(31)34-15(3)4/h6-9,14-15,25H,10-13,24H2,1-5H3,(H,26,30,32). The lowest BCUT2D eigenvalue weighted by Gasteiger charge is -2.25. The molecule has 0 saturated carbocycles. The third-order valence-electron chi connectivity index (χ3n) is 4.76. The van der Waals surface area contributed by atoms with Crippen molar-refractivity contribution in [2.75, 3.05) is 42.8 Å². The Bertz CT molecular complexity index is 1100. The number of aromatic amines is 1. The quantitative estimate of drug-likeness (QED) is 0.413. The first-order valence-electron chi connectivity index (χ1n) is 11.0. The van der Waals surface area contributed by atoms with Gasteiger partial charge in [0, 0.05) is 25.9 Å². The van der Waals surface area contributed by atoms with Crippen molar-refractivity contribution in [3.63, 3.8) is 0 Å². The fraction of sp³-hybridized carbons (Fsp3) is 0.478. The zero-order valence-electron chi connectivity index (χ0n) is 20.2. The van der Waals surface area contributed by atoms with E-state index in [-0.39, 0.29) is 49.8 Å². The molecule has 2 rings (SSSR count). The van der Waals surface area contributed by atoms with Crippen LogP contribution in [-0.4, -0.2) is 54.3 Å². The van der Waals surface area contributed by atoms with Gasteiger partial charge in [-0.3, -0.25) is 19.1 Å². The van der Waals surface area contributed by atoms with Gasteiger partial charge >= 0.3 is 11.7 Å². The molecule has 0 aliphatic rings. The van der Waals surface area contributed by atoms with E-state index in [0.717, 1.165) is 0 Å². The lowest BCUT2D eigenvalue weighted by Crippen LogP contribution is -2.44. The SMILES string of the molecule is COCCN(C(=O)CNc1ccc(C(=O)OC(C)C)cc1)c1c(N)n(CC(C)C)c(=O)[nH]c1=O. The molecule has 4 N–H and O–H groups in total. The van der Waals surface area contributed by atoms with Crippen LogP contribution in [0.2, 0.25) is 0 Å². The highest BCUT2D eigenvalue weighted by atomic mass is 16.5. The molecule has 34 heavy (non-hydrogen) atoms. The maximum Gasteiger partial charge on any atom is 0.338 e. The third kappa shape index (κ3) is 6.95. The monoisotopic (exact) mass is 475 g/mol. The maximum absolute atomic E-state index is 13.1. The number of aromatic nitrogens is 2. The molecule has 2 aromatic rings. The fourth-order valence-electron chi connectivity index (χ4n) is 3.21. The van der Waals surface area contributed by atoms with Crippen molar-refractivity contribution >= 4 is 29.1 Å². The molecule has 1 aromatic heterocycles. The molecule has 0 aliphatic heterocycles. The van der Waals surface area contributed by atoms with Gasteiger partial charge in [-0.05, 0) is 44.0 Å². The molecule has 0 saturated heterocycles. The second-order valence-corrected chi connectivity index (χ2v) is 8.42. The molecular formula is C23H33N5O6. The number of hydrogen-bond donors (Lipinski definition) is 3. The number of rotatable bonds is 11. The molecule has 1 aromatic carbocycles. The Balaban J connectivity index is 2.25. The van der Waals surface area contributed by atoms with E-state index >= 15 is 0 Å². The summed E-state index contributed by atoms with van der Waals surface area (Å²) in [7, 11) is 1.47. The molecule has 0 radical (unpaired) electrons. The first-order valence-corrected chi connectivity index (χ1v) is 11.0. The molecule has 1 heterocycles. The second kappa shape index (κ2) is 12.0. The summed E-state index contributed by atoms with van der Waals surface area (Å²) in [6, 6.07) is 6.47. The number of benzene rings is 1. The molecular weight excluding hydrogens is 442 g/mol. The highest BCUT2D eigenvalue weighted by molar-refractivity contribution is 5.98. The van der Waals surface area contributed by atoms with Crippen LogP contribution in [0.5, 0.6) is 0 Å². The third-order valence-corrected chi connectivity index (χ3v) is 4.76. The summed E-state index contributed by atoms with van der Waals surface area (Å²) in [6.45, 7) is 7.67. The van der Waals surface area contributed by atoms with E-state index in [1.54, 1.807) is 38.1 Å². The number of ether oxygens (including phenoxy) is 2. The van der Waals surface area contributed by atoms with Crippen molar-refractivity contribution in [1.82, 2.24) is 9.55 Å². The highest BCUT2D eigenvalue weighted by Gasteiger charge is 2.24. The van der Waals surface area contributed by atoms with E-state index in [9.17, 15) is 19.2 Å². The predicted molar refractivity (Wildman–Crippen MR) is 130 cm³/mol. The van der Waals surface area contributed by atoms with Gasteiger partial charge in [0.15, 0.2) is 5.69 Å². The van der Waals surface area contributed by atoms with Gasteiger partial charge in [0.1, 0.15) is 5.82 Å². The predicted octanol–water partition coefficient (Wildman–Crippen LogP) is 1.43. The molecule has 0 bridgehead atoms. The van der Waals surface area contributed by atoms with Gasteiger partial charge in [-0.2, -0.15) is 0 Å². The summed E-state index contributed by atoms with van der Waals surface area (Å²) in [6.07, 6.45) is -0.230. The number of carbonyl (C=O) groups excluding carboxylic acids is 2. The van der Waals surface area contributed by atoms with Crippen molar-refractivity contribution in [3.8, 4) is 0 Å². The lowest BCUT2D eigenvalue weighted by atomic mass is 10.2. The molecule has 11 nitrogen and oxygen atoms in total. The largest absolute Gasteiger partial charge is 0.459 e. The van der Waals surface area contributed by atoms with Crippen LogP contribution in [0.15, 0.2) is 33.9 Å². The summed E-state index contributed by atoms with van der Waals surface area (Å²) in [5.74, 6) is -0.883. The minimum absolute atomic E-state index is 0.0597. The van der Waals surface area contributed by atoms with Gasteiger partial charge in [0.05, 0.1) is 24.8 Å². The van der Waals surface area contributed by atoms with Crippen LogP contribution in [0.25, 0.3) is 0 Å². The minimum atomic E-state index is -0.750. The number of methoxy groups -OCH3 is 1. The molecule has 0 fully saturated rings. The van der Waals surface area contributed by atoms with Crippen LogP contribution in [0.4, 0.5) is 17.2 Å². The summed E-state index contributed by atoms with van der Waals surface area (Å²) in [5.41, 5.74) is 5.67. The topological polar surface area (TPSA) is 149 Å². The normalized spacial score (nSPS) is 11.0. The van der Waals surface area contributed by atoms with Crippen LogP contribution in [0.3, 0.4) is 0 Å². The van der Waals surface area contributed by atoms with Crippen molar-refractivity contribution in [1.29, 1.82) is 0 Å². The van der Waals surface area contributed by atoms with E-state index in [2.05, 4.69) is 10.3 Å². The van der Waals surface area contributed by atoms with E-state index < -0.39 is 23.1 Å². The Morgan fingerprint density at radius 2 is 1.79 bits per heavy atom. The number of hydrogen-bond acceptors (Lipinski definition) is 8. The van der Waals surface area contributed by atoms with Crippen LogP contribution in [0, 0.1) is 5.92 Å². The molecule has 0 unspecified atom stereocenters. The van der Waals surface area contributed by atoms with Gasteiger partial charge in [0.2, 0.25) is 5.91 Å². The smallest absolute Gasteiger partial charge is 0.338 e. The van der Waals surface area contributed by atoms with Crippen molar-refractivity contribution in [2.45, 2.75) is 40.3 Å². The molecule has 0 spiro atoms. The Morgan fingerprint density at radius 1 is 1.15 bits per heavy atom. The van der Waals surface area contributed by atoms with Gasteiger partial charge < -0.3 is 25.4 Å². The number of carbonyl (C=O) groups is 2. The molecule has 1 amide bonds. The number of nitrogens with one attached hydrogen (secondary N) is 2. The first-order chi connectivity index (χ1) is 16.0. The summed E-state index contributed by atoms with van der Waals surface area (Å²) in [5, 5.41) is 2.97. The number of esters is 1. The maximum atomic E-state index is 13.1. The number of nitrogens with zero attached hydrogens (tertiary/aromatic N) is 2. The zero-order valence-corrected chi connectivity index (χ0v) is 20.2. The molecule has 0 atom stereocenters. The Labute approximate surface area is 197 Å². The number of H-pyrrole nitrogens is 1. The van der Waals surface area contributed by atoms with Crippen LogP contribution < -0.4 is 27.2 Å². The van der Waals surface area contributed by atoms with Gasteiger partial charge in [0.25, 0.3) is 5.56 Å². The van der Waals surface area contributed by atoms with Crippen molar-refractivity contribution in [3.05, 3.63) is 50.7 Å². The van der Waals surface area contributed by atoms with E-state index in [1.807, 2.05) is 13.8 Å². The molecule has 186 valence electrons. The van der Waals surface area contributed by atoms with Crippen LogP contribution in [-0.2, 0) is 20.8 Å². The van der Waals surface area contributed by atoms with Gasteiger partial charge in [-0.15, -0.1) is 0 Å². The number of nitrogens with two attached hydrogens (primary N) is 1. The average Bonchev–Trinajstić information content (AvgIpc) is 2.76. The number of nitrogen functional groups attached to an aromatic ring is 1. The Kier molecular flexibility index (Phi) is 9.43. The second-order valence-electron chi connectivity index (χ2n) is 8.42. The Morgan fingerprint density at radius 3 is 2.35 bits per heavy atom. The fourth-order valence-corrected chi connectivity index (χ4v) is 3.21. The van der Waals surface area contributed by atoms with E-state index in [4.69, 9.17) is 15.2 Å². The van der Waals surface area contributed by atoms with E-state index in [0.29, 0.717) is 11.3 Å². The van der Waals surface area contributed by atoms with Crippen molar-refractivity contribution in [2.24, 2.45) is 5.92 Å². The highest BCUT2D eigenvalue weighted by Crippen LogP contribution is 2.18. The number of amides is 1. The number of anilines is 3. The average molecular weight is 476 g/mol. The first kappa shape index (κ1) is 26.7. The van der Waals surface area contributed by atoms with E-state index in [1.165, 1.54) is 16.6 Å². The molecule has 0 aliphatic carbocycles. The zero-order chi connectivity index (χ0) is 25.4. The van der Waals surface area contributed by atoms with Gasteiger partial charge in [-0.1, -0.05) is 13.8 Å². The lowest BCUT2D eigenvalue weighted by molar-refractivity contribution is -0.117. The molecule has 11 heteroatoms. The summed E-state index contributed by atoms with van der Waals surface area (Å²) < 4.78 is 11.5. The summed E-state index contributed by atoms with van der Waals surface area (Å²) in [4.78, 5) is 53.4.